The summed E-state index contributed by atoms with van der Waals surface area (Å²) in [5.41, 5.74) is 4.86. The average molecular weight is 926 g/mol. The van der Waals surface area contributed by atoms with Gasteiger partial charge in [0.15, 0.2) is 11.5 Å². The molecule has 13 atom stereocenters. The maximum absolute atomic E-state index is 13.8. The van der Waals surface area contributed by atoms with Crippen molar-refractivity contribution in [1.82, 2.24) is 39.3 Å². The standard InChI is InChI=1S/C29H38N9O20P3/c1-11-6-36(28(42)35-27(11)41)20-4-14(17(54-20)8-51-59(44,45)46)56-61(49,50)58-23-12-2-18(40)34-29(43)38(12)21-5-15(24(23)55-21)57-60(47,48)52-7-16-13(39)3-19(53-16)37-10-33-22-25(30)31-9-32-26(22)37/h6,9-10,12-17,19-21,23-24,39H,2-5,7-8H2,1H3,(H,47,48)(H,49,50)(H2,30,31,32)(H,34,40,43)(H,35,41,42)(H2,44,45,46)/t12-,13-,14-,15-,16+,17+,19+,20+,21+,23-,24-/m0/s1. The van der Waals surface area contributed by atoms with E-state index in [1.54, 1.807) is 0 Å². The first-order valence-electron chi connectivity index (χ1n) is 18.2. The second kappa shape index (κ2) is 16.4. The number of aryl methyl sites for hydroxylation is 1. The molecule has 3 amide bonds. The molecule has 32 heteroatoms. The van der Waals surface area contributed by atoms with Crippen LogP contribution in [0, 0.1) is 6.92 Å². The molecular weight excluding hydrogens is 887 g/mol. The predicted octanol–water partition coefficient (Wildman–Crippen LogP) is -1.88. The first-order chi connectivity index (χ1) is 28.6. The van der Waals surface area contributed by atoms with Gasteiger partial charge < -0.3 is 44.6 Å². The first kappa shape index (κ1) is 43.8. The highest BCUT2D eigenvalue weighted by atomic mass is 31.2. The van der Waals surface area contributed by atoms with Crippen molar-refractivity contribution in [1.29, 1.82) is 0 Å². The largest absolute Gasteiger partial charge is 0.472 e. The minimum atomic E-state index is -5.46. The van der Waals surface area contributed by atoms with Gasteiger partial charge in [-0.1, -0.05) is 0 Å². The number of aromatic amines is 1. The SMILES string of the molecule is Cc1cn([C@H]2C[C@H](OP(=O)(O)O[C@@H]3[C@H]4O[C@H](C[C@@H]4OP(=O)(O)OC[C@H]4O[C@@H](n5cnc6c(N)ncnc65)C[C@@H]4O)N4C(=O)NC(=O)C[C@@H]34)[C@@H](COP(=O)(O)O)O2)c(=O)[nH]c1=O. The molecule has 8 heterocycles. The van der Waals surface area contributed by atoms with Crippen molar-refractivity contribution < 1.29 is 84.8 Å². The number of rotatable bonds is 14. The maximum atomic E-state index is 13.8. The molecule has 61 heavy (non-hydrogen) atoms. The molecule has 0 radical (unpaired) electrons. The smallest absolute Gasteiger partial charge is 0.390 e. The van der Waals surface area contributed by atoms with E-state index in [-0.39, 0.29) is 29.7 Å². The number of amides is 3. The Hall–Kier alpha value is -3.86. The molecule has 0 aliphatic carbocycles. The molecule has 5 fully saturated rings. The van der Waals surface area contributed by atoms with Crippen LogP contribution in [0.25, 0.3) is 11.2 Å². The lowest BCUT2D eigenvalue weighted by Crippen LogP contribution is -2.66. The van der Waals surface area contributed by atoms with E-state index in [2.05, 4.69) is 29.8 Å². The molecule has 5 aliphatic heterocycles. The minimum absolute atomic E-state index is 0.00306. The molecule has 3 aromatic heterocycles. The lowest BCUT2D eigenvalue weighted by atomic mass is 9.97. The van der Waals surface area contributed by atoms with Gasteiger partial charge in [0, 0.05) is 31.0 Å². The highest BCUT2D eigenvalue weighted by molar-refractivity contribution is 7.47. The van der Waals surface area contributed by atoms with Crippen molar-refractivity contribution in [2.75, 3.05) is 18.9 Å². The van der Waals surface area contributed by atoms with Crippen molar-refractivity contribution in [3.05, 3.63) is 45.3 Å². The molecule has 5 aliphatic rings. The molecule has 0 aromatic carbocycles. The summed E-state index contributed by atoms with van der Waals surface area (Å²) in [5, 5.41) is 12.8. The van der Waals surface area contributed by atoms with Crippen molar-refractivity contribution >= 4 is 52.4 Å². The Morgan fingerprint density at radius 3 is 2.30 bits per heavy atom. The maximum Gasteiger partial charge on any atom is 0.472 e. The number of H-pyrrole nitrogens is 1. The van der Waals surface area contributed by atoms with Crippen LogP contribution < -0.4 is 22.3 Å². The van der Waals surface area contributed by atoms with Gasteiger partial charge in [0.25, 0.3) is 5.56 Å². The number of phosphoric ester groups is 3. The summed E-state index contributed by atoms with van der Waals surface area (Å²) in [4.78, 5) is 106. The van der Waals surface area contributed by atoms with Crippen LogP contribution in [0.2, 0.25) is 0 Å². The van der Waals surface area contributed by atoms with Gasteiger partial charge in [0.2, 0.25) is 5.91 Å². The van der Waals surface area contributed by atoms with Crippen LogP contribution in [0.15, 0.2) is 28.4 Å². The van der Waals surface area contributed by atoms with Crippen LogP contribution in [0.3, 0.4) is 0 Å². The Morgan fingerprint density at radius 1 is 0.852 bits per heavy atom. The van der Waals surface area contributed by atoms with E-state index in [4.69, 9.17) is 38.0 Å². The summed E-state index contributed by atoms with van der Waals surface area (Å²) in [6.45, 7) is -0.230. The number of urea groups is 1. The van der Waals surface area contributed by atoms with Gasteiger partial charge in [0.1, 0.15) is 67.2 Å². The van der Waals surface area contributed by atoms with E-state index in [0.29, 0.717) is 5.65 Å². The molecule has 334 valence electrons. The topological polar surface area (TPSA) is 400 Å². The fourth-order valence-corrected chi connectivity index (χ4v) is 10.3. The van der Waals surface area contributed by atoms with Crippen LogP contribution in [0.4, 0.5) is 10.6 Å². The first-order valence-corrected chi connectivity index (χ1v) is 22.7. The number of phosphoric acid groups is 3. The molecule has 9 N–H and O–H groups in total. The number of hydrogen-bond donors (Lipinski definition) is 8. The lowest BCUT2D eigenvalue weighted by molar-refractivity contribution is -0.175. The summed E-state index contributed by atoms with van der Waals surface area (Å²) in [6, 6.07) is -2.31. The Bertz CT molecular complexity index is 2480. The van der Waals surface area contributed by atoms with E-state index < -0.39 is 140 Å². The number of carbonyl (C=O) groups is 2. The number of aromatic nitrogens is 6. The number of nitrogens with one attached hydrogen (secondary N) is 2. The molecule has 8 rings (SSSR count). The number of nitrogens with two attached hydrogens (primary N) is 1. The van der Waals surface area contributed by atoms with Crippen LogP contribution >= 0.6 is 23.5 Å². The Balaban J connectivity index is 0.976. The highest BCUT2D eigenvalue weighted by Crippen LogP contribution is 2.55. The molecule has 0 spiro atoms. The van der Waals surface area contributed by atoms with Crippen molar-refractivity contribution in [3.8, 4) is 0 Å². The van der Waals surface area contributed by atoms with Crippen molar-refractivity contribution in [2.45, 2.75) is 100 Å². The number of nitrogen functional groups attached to an aromatic ring is 1. The van der Waals surface area contributed by atoms with Crippen LogP contribution in [-0.4, -0.2) is 139 Å². The Morgan fingerprint density at radius 2 is 1.54 bits per heavy atom. The second-order valence-corrected chi connectivity index (χ2v) is 18.6. The molecule has 2 unspecified atom stereocenters. The van der Waals surface area contributed by atoms with Gasteiger partial charge in [-0.2, -0.15) is 0 Å². The van der Waals surface area contributed by atoms with Crippen LogP contribution in [0.1, 0.15) is 43.7 Å². The molecule has 5 saturated heterocycles. The fraction of sp³-hybridized carbons (Fsp3) is 0.621. The fourth-order valence-electron chi connectivity index (χ4n) is 7.81. The predicted molar refractivity (Wildman–Crippen MR) is 194 cm³/mol. The summed E-state index contributed by atoms with van der Waals surface area (Å²) in [5.74, 6) is -0.694. The monoisotopic (exact) mass is 925 g/mol. The molecular formula is C29H38N9O20P3. The van der Waals surface area contributed by atoms with Gasteiger partial charge in [-0.25, -0.2) is 38.2 Å². The number of hydrogen-bond acceptors (Lipinski definition) is 20. The molecule has 29 nitrogen and oxygen atoms in total. The number of ether oxygens (including phenoxy) is 3. The van der Waals surface area contributed by atoms with Gasteiger partial charge >= 0.3 is 35.2 Å². The summed E-state index contributed by atoms with van der Waals surface area (Å²) in [7, 11) is -15.7. The number of aliphatic hydroxyl groups is 1. The van der Waals surface area contributed by atoms with Crippen molar-refractivity contribution in [3.63, 3.8) is 0 Å². The third-order valence-electron chi connectivity index (χ3n) is 10.5. The third kappa shape index (κ3) is 9.15. The number of carbonyl (C=O) groups excluding carboxylic acids is 2. The van der Waals surface area contributed by atoms with Crippen LogP contribution in [-0.2, 0) is 55.3 Å². The quantitative estimate of drug-likeness (QED) is 0.0821. The molecule has 0 saturated carbocycles. The second-order valence-electron chi connectivity index (χ2n) is 14.6. The summed E-state index contributed by atoms with van der Waals surface area (Å²) < 4.78 is 84.9. The number of nitrogens with zero attached hydrogens (tertiary/aromatic N) is 6. The van der Waals surface area contributed by atoms with Crippen LogP contribution in [0.5, 0.6) is 0 Å². The molecule has 3 aromatic rings. The summed E-state index contributed by atoms with van der Waals surface area (Å²) in [6.07, 6.45) is -11.3. The van der Waals surface area contributed by atoms with Gasteiger partial charge in [-0.05, 0) is 6.92 Å². The van der Waals surface area contributed by atoms with Crippen molar-refractivity contribution in [2.24, 2.45) is 0 Å². The van der Waals surface area contributed by atoms with E-state index in [1.165, 1.54) is 24.1 Å². The zero-order chi connectivity index (χ0) is 43.8. The Labute approximate surface area is 340 Å². The normalized spacial score (nSPS) is 33.4. The van der Waals surface area contributed by atoms with E-state index >= 15 is 0 Å². The van der Waals surface area contributed by atoms with Gasteiger partial charge in [-0.3, -0.25) is 56.5 Å². The molecule has 2 bridgehead atoms. The van der Waals surface area contributed by atoms with Gasteiger partial charge in [0.05, 0.1) is 38.1 Å². The number of aliphatic hydroxyl groups excluding tert-OH is 1. The third-order valence-corrected chi connectivity index (χ3v) is 13.0. The lowest BCUT2D eigenvalue weighted by Gasteiger charge is -2.46. The zero-order valence-electron chi connectivity index (χ0n) is 31.3. The number of imide groups is 1. The van der Waals surface area contributed by atoms with E-state index in [9.17, 15) is 57.6 Å². The average Bonchev–Trinajstić information content (AvgIpc) is 3.94. The minimum Gasteiger partial charge on any atom is -0.390 e. The van der Waals surface area contributed by atoms with E-state index in [0.717, 1.165) is 15.7 Å². The number of anilines is 1. The highest BCUT2D eigenvalue weighted by Gasteiger charge is 2.60. The van der Waals surface area contributed by atoms with E-state index in [1.807, 2.05) is 0 Å². The summed E-state index contributed by atoms with van der Waals surface area (Å²) >= 11 is 0. The zero-order valence-corrected chi connectivity index (χ0v) is 34.0. The Kier molecular flexibility index (Phi) is 11.7. The number of fused-ring (bicyclic) bond motifs is 5. The number of imidazole rings is 1. The van der Waals surface area contributed by atoms with Gasteiger partial charge in [-0.15, -0.1) is 0 Å².